The van der Waals surface area contributed by atoms with Crippen LogP contribution in [0, 0.1) is 0 Å². The molecule has 0 aliphatic rings. The molecule has 19 heavy (non-hydrogen) atoms. The first-order valence-electron chi connectivity index (χ1n) is 5.26. The number of hydrogen-bond acceptors (Lipinski definition) is 4. The van der Waals surface area contributed by atoms with Gasteiger partial charge in [-0.25, -0.2) is 17.2 Å². The van der Waals surface area contributed by atoms with Gasteiger partial charge in [0.15, 0.2) is 9.84 Å². The number of nitrogens with one attached hydrogen (secondary N) is 1. The molecule has 1 aromatic rings. The summed E-state index contributed by atoms with van der Waals surface area (Å²) in [6.45, 7) is -0.579. The van der Waals surface area contributed by atoms with Gasteiger partial charge in [-0.1, -0.05) is 0 Å². The molecule has 0 heterocycles. The van der Waals surface area contributed by atoms with Gasteiger partial charge in [-0.2, -0.15) is 0 Å². The molecule has 1 unspecified atom stereocenters. The van der Waals surface area contributed by atoms with Crippen LogP contribution in [0.5, 0.6) is 0 Å². The zero-order chi connectivity index (χ0) is 14.6. The highest BCUT2D eigenvalue weighted by atomic mass is 32.2. The predicted molar refractivity (Wildman–Crippen MR) is 63.9 cm³/mol. The first-order valence-corrected chi connectivity index (χ1v) is 7.15. The summed E-state index contributed by atoms with van der Waals surface area (Å²) < 4.78 is 46.4. The molecule has 106 valence electrons. The summed E-state index contributed by atoms with van der Waals surface area (Å²) in [7, 11) is -3.35. The molecule has 8 heteroatoms. The number of rotatable bonds is 5. The van der Waals surface area contributed by atoms with Crippen LogP contribution in [0.2, 0.25) is 0 Å². The highest BCUT2D eigenvalue weighted by Gasteiger charge is 2.18. The van der Waals surface area contributed by atoms with Crippen LogP contribution in [-0.2, 0) is 9.84 Å². The smallest absolute Gasteiger partial charge is 0.265 e. The minimum Gasteiger partial charge on any atom is -0.385 e. The largest absolute Gasteiger partial charge is 0.385 e. The molecule has 1 amide bonds. The van der Waals surface area contributed by atoms with Crippen molar-refractivity contribution in [2.45, 2.75) is 17.4 Å². The number of carbonyl (C=O) groups excluding carboxylic acids is 1. The van der Waals surface area contributed by atoms with Crippen molar-refractivity contribution in [1.82, 2.24) is 5.32 Å². The Morgan fingerprint density at radius 1 is 1.32 bits per heavy atom. The lowest BCUT2D eigenvalue weighted by Crippen LogP contribution is -2.35. The van der Waals surface area contributed by atoms with Gasteiger partial charge in [0.1, 0.15) is 6.10 Å². The Morgan fingerprint density at radius 2 is 1.84 bits per heavy atom. The maximum Gasteiger partial charge on any atom is 0.265 e. The second-order valence-corrected chi connectivity index (χ2v) is 5.92. The Morgan fingerprint density at radius 3 is 2.26 bits per heavy atom. The van der Waals surface area contributed by atoms with Crippen LogP contribution in [0.4, 0.5) is 8.78 Å². The van der Waals surface area contributed by atoms with Crippen molar-refractivity contribution in [3.05, 3.63) is 29.8 Å². The summed E-state index contributed by atoms with van der Waals surface area (Å²) in [6.07, 6.45) is -3.84. The summed E-state index contributed by atoms with van der Waals surface area (Å²) in [5, 5.41) is 10.9. The Bertz CT molecular complexity index is 542. The SMILES string of the molecule is CS(=O)(=O)c1ccc(C(=O)NCC(O)C(F)F)cc1. The molecular formula is C11H13F2NO4S. The van der Waals surface area contributed by atoms with E-state index in [1.54, 1.807) is 0 Å². The fraction of sp³-hybridized carbons (Fsp3) is 0.364. The van der Waals surface area contributed by atoms with Crippen molar-refractivity contribution in [1.29, 1.82) is 0 Å². The molecule has 2 N–H and O–H groups in total. The van der Waals surface area contributed by atoms with E-state index in [1.807, 2.05) is 0 Å². The minimum atomic E-state index is -3.35. The van der Waals surface area contributed by atoms with Crippen LogP contribution in [0.15, 0.2) is 29.2 Å². The number of halogens is 2. The molecule has 5 nitrogen and oxygen atoms in total. The summed E-state index contributed by atoms with van der Waals surface area (Å²) in [5.74, 6) is -0.667. The fourth-order valence-corrected chi connectivity index (χ4v) is 1.87. The number of alkyl halides is 2. The number of amides is 1. The van der Waals surface area contributed by atoms with E-state index in [2.05, 4.69) is 5.32 Å². The molecule has 0 saturated heterocycles. The third-order valence-corrected chi connectivity index (χ3v) is 3.44. The number of benzene rings is 1. The highest BCUT2D eigenvalue weighted by molar-refractivity contribution is 7.90. The van der Waals surface area contributed by atoms with E-state index >= 15 is 0 Å². The van der Waals surface area contributed by atoms with Gasteiger partial charge in [-0.3, -0.25) is 4.79 Å². The molecule has 1 atom stereocenters. The Kier molecular flexibility index (Phi) is 4.96. The highest BCUT2D eigenvalue weighted by Crippen LogP contribution is 2.10. The van der Waals surface area contributed by atoms with Crippen LogP contribution in [-0.4, -0.2) is 44.8 Å². The van der Waals surface area contributed by atoms with Crippen molar-refractivity contribution in [3.63, 3.8) is 0 Å². The molecule has 0 aromatic heterocycles. The van der Waals surface area contributed by atoms with E-state index < -0.39 is 34.8 Å². The van der Waals surface area contributed by atoms with E-state index in [4.69, 9.17) is 5.11 Å². The third kappa shape index (κ3) is 4.56. The maximum absolute atomic E-state index is 12.0. The first kappa shape index (κ1) is 15.5. The van der Waals surface area contributed by atoms with E-state index in [0.29, 0.717) is 0 Å². The van der Waals surface area contributed by atoms with Crippen LogP contribution in [0.1, 0.15) is 10.4 Å². The lowest BCUT2D eigenvalue weighted by molar-refractivity contribution is -0.00270. The molecule has 0 aliphatic heterocycles. The average molecular weight is 293 g/mol. The lowest BCUT2D eigenvalue weighted by atomic mass is 10.2. The van der Waals surface area contributed by atoms with Gasteiger partial charge in [0.2, 0.25) is 0 Å². The van der Waals surface area contributed by atoms with Gasteiger partial charge in [0.05, 0.1) is 4.90 Å². The second kappa shape index (κ2) is 6.07. The van der Waals surface area contributed by atoms with Crippen LogP contribution in [0.3, 0.4) is 0 Å². The number of sulfone groups is 1. The topological polar surface area (TPSA) is 83.5 Å². The molecule has 0 radical (unpaired) electrons. The zero-order valence-corrected chi connectivity index (χ0v) is 10.8. The molecule has 0 saturated carbocycles. The number of hydrogen-bond donors (Lipinski definition) is 2. The molecule has 0 fully saturated rings. The van der Waals surface area contributed by atoms with Crippen molar-refractivity contribution >= 4 is 15.7 Å². The minimum absolute atomic E-state index is 0.0525. The van der Waals surface area contributed by atoms with Crippen molar-refractivity contribution in [2.24, 2.45) is 0 Å². The van der Waals surface area contributed by atoms with E-state index in [1.165, 1.54) is 24.3 Å². The number of carbonyl (C=O) groups is 1. The number of aliphatic hydroxyl groups is 1. The van der Waals surface area contributed by atoms with Gasteiger partial charge >= 0.3 is 0 Å². The van der Waals surface area contributed by atoms with Crippen molar-refractivity contribution in [2.75, 3.05) is 12.8 Å². The molecule has 0 bridgehead atoms. The summed E-state index contributed by atoms with van der Waals surface area (Å²) in [4.78, 5) is 11.6. The maximum atomic E-state index is 12.0. The van der Waals surface area contributed by atoms with Crippen LogP contribution < -0.4 is 5.32 Å². The number of aliphatic hydroxyl groups excluding tert-OH is 1. The Balaban J connectivity index is 2.69. The van der Waals surface area contributed by atoms with E-state index in [0.717, 1.165) is 6.26 Å². The zero-order valence-electron chi connectivity index (χ0n) is 10.0. The lowest BCUT2D eigenvalue weighted by Gasteiger charge is -2.10. The van der Waals surface area contributed by atoms with Gasteiger partial charge < -0.3 is 10.4 Å². The van der Waals surface area contributed by atoms with E-state index in [9.17, 15) is 22.0 Å². The van der Waals surface area contributed by atoms with Gasteiger partial charge in [-0.05, 0) is 24.3 Å². The molecule has 1 rings (SSSR count). The van der Waals surface area contributed by atoms with Crippen molar-refractivity contribution in [3.8, 4) is 0 Å². The van der Waals surface area contributed by atoms with Crippen LogP contribution >= 0.6 is 0 Å². The van der Waals surface area contributed by atoms with Crippen molar-refractivity contribution < 1.29 is 27.1 Å². The second-order valence-electron chi connectivity index (χ2n) is 3.91. The standard InChI is InChI=1S/C11H13F2NO4S/c1-19(17,18)8-4-2-7(3-5-8)11(16)14-6-9(15)10(12)13/h2-5,9-10,15H,6H2,1H3,(H,14,16). The average Bonchev–Trinajstić information content (AvgIpc) is 2.34. The van der Waals surface area contributed by atoms with Gasteiger partial charge in [-0.15, -0.1) is 0 Å². The fourth-order valence-electron chi connectivity index (χ4n) is 1.24. The predicted octanol–water partition coefficient (Wildman–Crippen LogP) is 0.446. The van der Waals surface area contributed by atoms with Crippen LogP contribution in [0.25, 0.3) is 0 Å². The Hall–Kier alpha value is -1.54. The third-order valence-electron chi connectivity index (χ3n) is 2.31. The Labute approximate surface area is 109 Å². The molecule has 0 aliphatic carbocycles. The summed E-state index contributed by atoms with van der Waals surface area (Å²) >= 11 is 0. The normalized spacial score (nSPS) is 13.3. The van der Waals surface area contributed by atoms with Gasteiger partial charge in [0, 0.05) is 18.4 Å². The molecule has 0 spiro atoms. The van der Waals surface area contributed by atoms with E-state index in [-0.39, 0.29) is 10.5 Å². The monoisotopic (exact) mass is 293 g/mol. The van der Waals surface area contributed by atoms with Gasteiger partial charge in [0.25, 0.3) is 12.3 Å². The first-order chi connectivity index (χ1) is 8.71. The summed E-state index contributed by atoms with van der Waals surface area (Å²) in [6, 6.07) is 5.02. The quantitative estimate of drug-likeness (QED) is 0.825. The summed E-state index contributed by atoms with van der Waals surface area (Å²) in [5.41, 5.74) is 0.119. The molecular weight excluding hydrogens is 280 g/mol. The molecule has 1 aromatic carbocycles.